The number of nitrogens with zero attached hydrogens (tertiary/aromatic N) is 2. The summed E-state index contributed by atoms with van der Waals surface area (Å²) in [7, 11) is 0. The van der Waals surface area contributed by atoms with Gasteiger partial charge in [0.2, 0.25) is 0 Å². The molecule has 2 aromatic rings. The van der Waals surface area contributed by atoms with Gasteiger partial charge in [-0.05, 0) is 50.2 Å². The van der Waals surface area contributed by atoms with Crippen LogP contribution >= 0.6 is 0 Å². The third-order valence-corrected chi connectivity index (χ3v) is 5.13. The quantitative estimate of drug-likeness (QED) is 0.831. The molecule has 7 heteroatoms. The summed E-state index contributed by atoms with van der Waals surface area (Å²) in [5.74, 6) is 1.03. The molecule has 0 unspecified atom stereocenters. The van der Waals surface area contributed by atoms with E-state index in [2.05, 4.69) is 10.3 Å². The van der Waals surface area contributed by atoms with E-state index in [0.717, 1.165) is 11.4 Å². The molecule has 1 aromatic carbocycles. The molecule has 1 N–H and O–H groups in total. The molecule has 7 nitrogen and oxygen atoms in total. The van der Waals surface area contributed by atoms with E-state index in [4.69, 9.17) is 14.2 Å². The number of carbonyl (C=O) groups is 1. The molecule has 0 saturated carbocycles. The van der Waals surface area contributed by atoms with E-state index in [1.807, 2.05) is 49.1 Å². The Morgan fingerprint density at radius 3 is 2.38 bits per heavy atom. The van der Waals surface area contributed by atoms with Crippen molar-refractivity contribution in [3.63, 3.8) is 0 Å². The van der Waals surface area contributed by atoms with E-state index in [0.29, 0.717) is 50.5 Å². The van der Waals surface area contributed by atoms with E-state index >= 15 is 0 Å². The highest BCUT2D eigenvalue weighted by molar-refractivity contribution is 5.94. The van der Waals surface area contributed by atoms with Gasteiger partial charge in [-0.1, -0.05) is 0 Å². The van der Waals surface area contributed by atoms with Crippen LogP contribution in [0.4, 0.5) is 11.5 Å². The highest BCUT2D eigenvalue weighted by Gasteiger charge is 2.40. The number of hydrogen-bond donors (Lipinski definition) is 1. The predicted octanol–water partition coefficient (Wildman–Crippen LogP) is 3.59. The first-order valence-corrected chi connectivity index (χ1v) is 10.1. The van der Waals surface area contributed by atoms with Gasteiger partial charge in [0.1, 0.15) is 11.6 Å². The van der Waals surface area contributed by atoms with Crippen LogP contribution in [-0.4, -0.2) is 54.0 Å². The Hall–Kier alpha value is -2.64. The largest absolute Gasteiger partial charge is 0.491 e. The summed E-state index contributed by atoms with van der Waals surface area (Å²) in [6.45, 7) is 6.53. The highest BCUT2D eigenvalue weighted by atomic mass is 16.7. The van der Waals surface area contributed by atoms with Crippen molar-refractivity contribution in [1.82, 2.24) is 9.88 Å². The first kappa shape index (κ1) is 19.7. The third kappa shape index (κ3) is 4.68. The highest BCUT2D eigenvalue weighted by Crippen LogP contribution is 2.31. The molecular weight excluding hydrogens is 370 g/mol. The summed E-state index contributed by atoms with van der Waals surface area (Å²) in [5, 5.41) is 3.24. The Labute approximate surface area is 171 Å². The van der Waals surface area contributed by atoms with Crippen LogP contribution < -0.4 is 10.1 Å². The minimum absolute atomic E-state index is 0.00733. The maximum absolute atomic E-state index is 12.8. The summed E-state index contributed by atoms with van der Waals surface area (Å²) in [6, 6.07) is 11.3. The van der Waals surface area contributed by atoms with Gasteiger partial charge in [-0.15, -0.1) is 0 Å². The van der Waals surface area contributed by atoms with Crippen molar-refractivity contribution in [1.29, 1.82) is 0 Å². The average Bonchev–Trinajstić information content (AvgIpc) is 3.18. The van der Waals surface area contributed by atoms with Crippen LogP contribution in [0.2, 0.25) is 0 Å². The fourth-order valence-corrected chi connectivity index (χ4v) is 3.65. The Morgan fingerprint density at radius 1 is 1.10 bits per heavy atom. The van der Waals surface area contributed by atoms with E-state index in [1.54, 1.807) is 12.3 Å². The van der Waals surface area contributed by atoms with Crippen LogP contribution in [-0.2, 0) is 9.47 Å². The van der Waals surface area contributed by atoms with Gasteiger partial charge in [0.25, 0.3) is 5.91 Å². The van der Waals surface area contributed by atoms with Crippen LogP contribution in [0.3, 0.4) is 0 Å². The zero-order valence-corrected chi connectivity index (χ0v) is 16.9. The van der Waals surface area contributed by atoms with Crippen molar-refractivity contribution < 1.29 is 19.0 Å². The molecule has 154 valence electrons. The lowest BCUT2D eigenvalue weighted by atomic mass is 10.0. The van der Waals surface area contributed by atoms with Crippen LogP contribution in [0.5, 0.6) is 5.75 Å². The van der Waals surface area contributed by atoms with Crippen molar-refractivity contribution >= 4 is 17.4 Å². The SMILES string of the molecule is CC(C)Oc1ccc(Nc2ccc(C(=O)N3CCC4(CC3)OCCO4)cn2)cc1. The number of anilines is 2. The number of pyridine rings is 1. The lowest BCUT2D eigenvalue weighted by Crippen LogP contribution is -2.47. The maximum atomic E-state index is 12.8. The molecule has 2 aliphatic heterocycles. The van der Waals surface area contributed by atoms with Gasteiger partial charge in [-0.3, -0.25) is 4.79 Å². The number of nitrogens with one attached hydrogen (secondary N) is 1. The molecule has 0 bridgehead atoms. The van der Waals surface area contributed by atoms with E-state index in [1.165, 1.54) is 0 Å². The molecule has 2 saturated heterocycles. The molecule has 1 amide bonds. The summed E-state index contributed by atoms with van der Waals surface area (Å²) in [6.07, 6.45) is 3.18. The van der Waals surface area contributed by atoms with Crippen LogP contribution in [0.25, 0.3) is 0 Å². The molecular formula is C22H27N3O4. The predicted molar refractivity (Wildman–Crippen MR) is 109 cm³/mol. The fourth-order valence-electron chi connectivity index (χ4n) is 3.65. The van der Waals surface area contributed by atoms with E-state index in [9.17, 15) is 4.79 Å². The molecule has 0 atom stereocenters. The Kier molecular flexibility index (Phi) is 5.69. The second-order valence-corrected chi connectivity index (χ2v) is 7.65. The van der Waals surface area contributed by atoms with Crippen molar-refractivity contribution in [2.45, 2.75) is 38.6 Å². The van der Waals surface area contributed by atoms with E-state index in [-0.39, 0.29) is 12.0 Å². The lowest BCUT2D eigenvalue weighted by molar-refractivity contribution is -0.181. The first-order valence-electron chi connectivity index (χ1n) is 10.1. The zero-order valence-electron chi connectivity index (χ0n) is 16.9. The molecule has 0 aliphatic carbocycles. The van der Waals surface area contributed by atoms with Gasteiger partial charge in [0.15, 0.2) is 5.79 Å². The number of amides is 1. The minimum atomic E-state index is -0.474. The number of rotatable bonds is 5. The molecule has 2 fully saturated rings. The molecule has 0 radical (unpaired) electrons. The van der Waals surface area contributed by atoms with Gasteiger partial charge in [0, 0.05) is 37.8 Å². The van der Waals surface area contributed by atoms with Gasteiger partial charge in [0.05, 0.1) is 24.9 Å². The number of piperidine rings is 1. The Balaban J connectivity index is 1.33. The van der Waals surface area contributed by atoms with Crippen LogP contribution in [0, 0.1) is 0 Å². The number of carbonyl (C=O) groups excluding carboxylic acids is 1. The maximum Gasteiger partial charge on any atom is 0.255 e. The average molecular weight is 397 g/mol. The summed E-state index contributed by atoms with van der Waals surface area (Å²) < 4.78 is 17.1. The molecule has 3 heterocycles. The fraction of sp³-hybridized carbons (Fsp3) is 0.455. The van der Waals surface area contributed by atoms with Crippen molar-refractivity contribution in [3.8, 4) is 5.75 Å². The van der Waals surface area contributed by atoms with Crippen LogP contribution in [0.15, 0.2) is 42.6 Å². The second kappa shape index (κ2) is 8.39. The number of benzene rings is 1. The first-order chi connectivity index (χ1) is 14.0. The number of aromatic nitrogens is 1. The Bertz CT molecular complexity index is 820. The molecule has 4 rings (SSSR count). The molecule has 1 aromatic heterocycles. The second-order valence-electron chi connectivity index (χ2n) is 7.65. The topological polar surface area (TPSA) is 72.9 Å². The van der Waals surface area contributed by atoms with Gasteiger partial charge >= 0.3 is 0 Å². The van der Waals surface area contributed by atoms with Gasteiger partial charge in [-0.2, -0.15) is 0 Å². The standard InChI is InChI=1S/C22H27N3O4/c1-16(2)29-19-6-4-18(5-7-19)24-20-8-3-17(15-23-20)21(26)25-11-9-22(10-12-25)27-13-14-28-22/h3-8,15-16H,9-14H2,1-2H3,(H,23,24). The van der Waals surface area contributed by atoms with Gasteiger partial charge < -0.3 is 24.4 Å². The van der Waals surface area contributed by atoms with E-state index < -0.39 is 5.79 Å². The lowest BCUT2D eigenvalue weighted by Gasteiger charge is -2.37. The number of likely N-dealkylation sites (tertiary alicyclic amines) is 1. The van der Waals surface area contributed by atoms with Crippen molar-refractivity contribution in [3.05, 3.63) is 48.2 Å². The smallest absolute Gasteiger partial charge is 0.255 e. The molecule has 2 aliphatic rings. The normalized spacial score (nSPS) is 18.2. The summed E-state index contributed by atoms with van der Waals surface area (Å²) in [5.41, 5.74) is 1.49. The van der Waals surface area contributed by atoms with Crippen molar-refractivity contribution in [2.75, 3.05) is 31.6 Å². The summed E-state index contributed by atoms with van der Waals surface area (Å²) in [4.78, 5) is 19.0. The van der Waals surface area contributed by atoms with Crippen molar-refractivity contribution in [2.24, 2.45) is 0 Å². The summed E-state index contributed by atoms with van der Waals surface area (Å²) >= 11 is 0. The Morgan fingerprint density at radius 2 is 1.79 bits per heavy atom. The number of ether oxygens (including phenoxy) is 3. The van der Waals surface area contributed by atoms with Gasteiger partial charge in [-0.25, -0.2) is 4.98 Å². The molecule has 29 heavy (non-hydrogen) atoms. The zero-order chi connectivity index (χ0) is 20.3. The number of hydrogen-bond acceptors (Lipinski definition) is 6. The monoisotopic (exact) mass is 397 g/mol. The molecule has 1 spiro atoms. The minimum Gasteiger partial charge on any atom is -0.491 e. The van der Waals surface area contributed by atoms with Crippen LogP contribution in [0.1, 0.15) is 37.0 Å². The third-order valence-electron chi connectivity index (χ3n) is 5.13.